The predicted octanol–water partition coefficient (Wildman–Crippen LogP) is 3.66. The zero-order valence-corrected chi connectivity index (χ0v) is 10.9. The Balaban J connectivity index is 1.61. The van der Waals surface area contributed by atoms with Crippen LogP contribution in [-0.4, -0.2) is 15.2 Å². The molecule has 98 valence electrons. The summed E-state index contributed by atoms with van der Waals surface area (Å²) in [4.78, 5) is 3.24. The molecular formula is C16H14N4. The molecule has 20 heavy (non-hydrogen) atoms. The van der Waals surface area contributed by atoms with Crippen LogP contribution in [0.15, 0.2) is 54.9 Å². The summed E-state index contributed by atoms with van der Waals surface area (Å²) in [5.41, 5.74) is 4.57. The third-order valence-electron chi connectivity index (χ3n) is 3.59. The highest BCUT2D eigenvalue weighted by molar-refractivity contribution is 5.90. The van der Waals surface area contributed by atoms with E-state index in [1.807, 2.05) is 24.5 Å². The van der Waals surface area contributed by atoms with Crippen molar-refractivity contribution in [3.05, 3.63) is 60.4 Å². The molecule has 0 aliphatic rings. The van der Waals surface area contributed by atoms with Crippen LogP contribution in [0.1, 0.15) is 5.56 Å². The van der Waals surface area contributed by atoms with E-state index in [4.69, 9.17) is 0 Å². The van der Waals surface area contributed by atoms with E-state index in [0.717, 1.165) is 23.1 Å². The Hall–Kier alpha value is -2.75. The Bertz CT molecular complexity index is 872. The van der Waals surface area contributed by atoms with Gasteiger partial charge in [0.15, 0.2) is 0 Å². The van der Waals surface area contributed by atoms with Gasteiger partial charge in [0.2, 0.25) is 0 Å². The minimum atomic E-state index is 0.791. The van der Waals surface area contributed by atoms with Gasteiger partial charge in [-0.25, -0.2) is 0 Å². The van der Waals surface area contributed by atoms with E-state index in [9.17, 15) is 0 Å². The molecule has 2 aromatic heterocycles. The number of nitrogens with zero attached hydrogens (tertiary/aromatic N) is 1. The Labute approximate surface area is 115 Å². The fourth-order valence-electron chi connectivity index (χ4n) is 2.52. The molecule has 0 saturated carbocycles. The molecule has 2 heterocycles. The van der Waals surface area contributed by atoms with Crippen molar-refractivity contribution in [2.24, 2.45) is 0 Å². The molecule has 0 atom stereocenters. The van der Waals surface area contributed by atoms with Gasteiger partial charge < -0.3 is 10.3 Å². The summed E-state index contributed by atoms with van der Waals surface area (Å²) in [5, 5.41) is 12.9. The van der Waals surface area contributed by atoms with Gasteiger partial charge in [-0.3, -0.25) is 5.10 Å². The summed E-state index contributed by atoms with van der Waals surface area (Å²) in [6, 6.07) is 14.7. The molecule has 0 spiro atoms. The molecule has 2 aromatic carbocycles. The number of anilines is 1. The van der Waals surface area contributed by atoms with Gasteiger partial charge in [-0.15, -0.1) is 0 Å². The van der Waals surface area contributed by atoms with E-state index in [1.54, 1.807) is 0 Å². The summed E-state index contributed by atoms with van der Waals surface area (Å²) in [5.74, 6) is 0. The lowest BCUT2D eigenvalue weighted by Crippen LogP contribution is -1.99. The molecule has 4 nitrogen and oxygen atoms in total. The van der Waals surface area contributed by atoms with Crippen molar-refractivity contribution in [3.8, 4) is 0 Å². The number of benzene rings is 2. The molecule has 0 amide bonds. The maximum atomic E-state index is 4.08. The molecule has 0 saturated heterocycles. The third-order valence-corrected chi connectivity index (χ3v) is 3.59. The van der Waals surface area contributed by atoms with E-state index in [-0.39, 0.29) is 0 Å². The lowest BCUT2D eigenvalue weighted by Gasteiger charge is -2.07. The fourth-order valence-corrected chi connectivity index (χ4v) is 2.52. The number of rotatable bonds is 3. The third kappa shape index (κ3) is 1.82. The van der Waals surface area contributed by atoms with Crippen molar-refractivity contribution in [1.82, 2.24) is 15.2 Å². The van der Waals surface area contributed by atoms with Crippen molar-refractivity contribution < 1.29 is 0 Å². The van der Waals surface area contributed by atoms with Crippen LogP contribution in [0.4, 0.5) is 5.69 Å². The van der Waals surface area contributed by atoms with Crippen molar-refractivity contribution in [2.75, 3.05) is 5.32 Å². The second-order valence-corrected chi connectivity index (χ2v) is 4.89. The normalized spacial score (nSPS) is 11.2. The van der Waals surface area contributed by atoms with Gasteiger partial charge in [-0.1, -0.05) is 18.2 Å². The minimum absolute atomic E-state index is 0.791. The fraction of sp³-hybridized carbons (Fsp3) is 0.0625. The monoisotopic (exact) mass is 262 g/mol. The number of aromatic amines is 2. The molecule has 3 N–H and O–H groups in total. The van der Waals surface area contributed by atoms with Crippen LogP contribution in [0.3, 0.4) is 0 Å². The summed E-state index contributed by atoms with van der Waals surface area (Å²) in [7, 11) is 0. The van der Waals surface area contributed by atoms with Gasteiger partial charge in [-0.2, -0.15) is 5.10 Å². The van der Waals surface area contributed by atoms with Crippen molar-refractivity contribution in [1.29, 1.82) is 0 Å². The molecule has 4 heteroatoms. The Morgan fingerprint density at radius 1 is 1.05 bits per heavy atom. The van der Waals surface area contributed by atoms with Gasteiger partial charge in [0.25, 0.3) is 0 Å². The van der Waals surface area contributed by atoms with E-state index >= 15 is 0 Å². The summed E-state index contributed by atoms with van der Waals surface area (Å²) in [6.45, 7) is 0.791. The first-order valence-corrected chi connectivity index (χ1v) is 6.62. The second-order valence-electron chi connectivity index (χ2n) is 4.89. The molecule has 0 unspecified atom stereocenters. The molecule has 0 aliphatic heterocycles. The average Bonchev–Trinajstić information content (AvgIpc) is 3.13. The highest BCUT2D eigenvalue weighted by Crippen LogP contribution is 2.22. The van der Waals surface area contributed by atoms with Gasteiger partial charge >= 0.3 is 0 Å². The molecule has 0 radical (unpaired) electrons. The summed E-state index contributed by atoms with van der Waals surface area (Å²) >= 11 is 0. The van der Waals surface area contributed by atoms with Gasteiger partial charge in [0.1, 0.15) is 0 Å². The van der Waals surface area contributed by atoms with Crippen LogP contribution in [0, 0.1) is 0 Å². The highest BCUT2D eigenvalue weighted by Gasteiger charge is 2.02. The maximum Gasteiger partial charge on any atom is 0.0671 e. The van der Waals surface area contributed by atoms with Crippen LogP contribution in [0.5, 0.6) is 0 Å². The summed E-state index contributed by atoms with van der Waals surface area (Å²) in [6.07, 6.45) is 3.82. The minimum Gasteiger partial charge on any atom is -0.380 e. The van der Waals surface area contributed by atoms with E-state index in [2.05, 4.69) is 50.8 Å². The van der Waals surface area contributed by atoms with Crippen LogP contribution in [0.2, 0.25) is 0 Å². The van der Waals surface area contributed by atoms with E-state index < -0.39 is 0 Å². The molecule has 0 fully saturated rings. The van der Waals surface area contributed by atoms with Crippen LogP contribution >= 0.6 is 0 Å². The van der Waals surface area contributed by atoms with E-state index in [1.165, 1.54) is 16.5 Å². The van der Waals surface area contributed by atoms with Crippen LogP contribution < -0.4 is 5.32 Å². The van der Waals surface area contributed by atoms with Crippen molar-refractivity contribution >= 4 is 27.5 Å². The van der Waals surface area contributed by atoms with Gasteiger partial charge in [-0.05, 0) is 35.2 Å². The number of nitrogens with one attached hydrogen (secondary N) is 3. The lowest BCUT2D eigenvalue weighted by atomic mass is 10.1. The second kappa shape index (κ2) is 4.42. The topological polar surface area (TPSA) is 56.5 Å². The molecular weight excluding hydrogens is 248 g/mol. The van der Waals surface area contributed by atoms with E-state index in [0.29, 0.717) is 0 Å². The molecule has 4 rings (SSSR count). The first-order chi connectivity index (χ1) is 9.90. The number of fused-ring (bicyclic) bond motifs is 2. The zero-order chi connectivity index (χ0) is 13.4. The van der Waals surface area contributed by atoms with Crippen molar-refractivity contribution in [3.63, 3.8) is 0 Å². The smallest absolute Gasteiger partial charge is 0.0671 e. The van der Waals surface area contributed by atoms with Crippen LogP contribution in [0.25, 0.3) is 21.8 Å². The molecule has 0 aliphatic carbocycles. The van der Waals surface area contributed by atoms with Crippen molar-refractivity contribution in [2.45, 2.75) is 6.54 Å². The number of hydrogen-bond acceptors (Lipinski definition) is 2. The van der Waals surface area contributed by atoms with Crippen LogP contribution in [-0.2, 0) is 6.54 Å². The molecule has 4 aromatic rings. The SMILES string of the molecule is c1cc(NCc2ccc3cc[nH]c3c2)c2cn[nH]c2c1. The largest absolute Gasteiger partial charge is 0.380 e. The highest BCUT2D eigenvalue weighted by atomic mass is 15.1. The predicted molar refractivity (Wildman–Crippen MR) is 81.7 cm³/mol. The summed E-state index contributed by atoms with van der Waals surface area (Å²) < 4.78 is 0. The quantitative estimate of drug-likeness (QED) is 0.528. The van der Waals surface area contributed by atoms with Gasteiger partial charge in [0.05, 0.1) is 11.7 Å². The van der Waals surface area contributed by atoms with Gasteiger partial charge in [0, 0.05) is 29.3 Å². The Morgan fingerprint density at radius 3 is 3.05 bits per heavy atom. The standard InChI is InChI=1S/C16H14N4/c1-2-14(13-10-19-20-15(13)3-1)18-9-11-4-5-12-6-7-17-16(12)8-11/h1-8,10,17-18H,9H2,(H,19,20). The Kier molecular flexibility index (Phi) is 2.45. The zero-order valence-electron chi connectivity index (χ0n) is 10.9. The Morgan fingerprint density at radius 2 is 2.05 bits per heavy atom. The maximum absolute atomic E-state index is 4.08. The number of hydrogen-bond donors (Lipinski definition) is 3. The molecule has 0 bridgehead atoms. The first kappa shape index (κ1) is 11.1. The first-order valence-electron chi connectivity index (χ1n) is 6.62. The number of aromatic nitrogens is 3. The lowest BCUT2D eigenvalue weighted by molar-refractivity contribution is 1.12. The number of H-pyrrole nitrogens is 2. The average molecular weight is 262 g/mol.